The average molecular weight is 486 g/mol. The van der Waals surface area contributed by atoms with E-state index in [1.807, 2.05) is 32.2 Å². The molecule has 5 heteroatoms. The van der Waals surface area contributed by atoms with E-state index >= 15 is 0 Å². The molecule has 0 aromatic heterocycles. The van der Waals surface area contributed by atoms with Crippen LogP contribution in [-0.2, 0) is 16.2 Å². The average Bonchev–Trinajstić information content (AvgIpc) is 2.87. The van der Waals surface area contributed by atoms with Crippen molar-refractivity contribution < 1.29 is 19.1 Å². The Morgan fingerprint density at radius 1 is 0.806 bits per heavy atom. The summed E-state index contributed by atoms with van der Waals surface area (Å²) in [6.45, 7) is 7.09. The van der Waals surface area contributed by atoms with Crippen molar-refractivity contribution in [1.29, 1.82) is 0 Å². The number of Topliss-reactive ketones (excluding diaryl/α,β-unsaturated/α-hetero) is 2. The van der Waals surface area contributed by atoms with Gasteiger partial charge in [-0.3, -0.25) is 9.59 Å². The third-order valence-corrected chi connectivity index (χ3v) is 7.81. The zero-order chi connectivity index (χ0) is 25.4. The van der Waals surface area contributed by atoms with Crippen molar-refractivity contribution >= 4 is 11.6 Å². The Morgan fingerprint density at radius 2 is 1.47 bits per heavy atom. The Bertz CT molecular complexity index is 1240. The molecule has 0 bridgehead atoms. The van der Waals surface area contributed by atoms with E-state index in [-0.39, 0.29) is 17.5 Å². The molecule has 0 unspecified atom stereocenters. The van der Waals surface area contributed by atoms with Crippen molar-refractivity contribution in [2.24, 2.45) is 0 Å². The number of allylic oxidation sites excluding steroid dienone is 4. The molecule has 0 atom stereocenters. The highest BCUT2D eigenvalue weighted by atomic mass is 16.5. The lowest BCUT2D eigenvalue weighted by Gasteiger charge is -2.42. The maximum absolute atomic E-state index is 13.3. The minimum absolute atomic E-state index is 0.158. The lowest BCUT2D eigenvalue weighted by molar-refractivity contribution is -0.117. The minimum Gasteiger partial charge on any atom is -0.490 e. The number of carbonyl (C=O) groups excluding carboxylic acids is 2. The van der Waals surface area contributed by atoms with Gasteiger partial charge in [-0.05, 0) is 80.8 Å². The van der Waals surface area contributed by atoms with Gasteiger partial charge >= 0.3 is 0 Å². The molecule has 0 saturated heterocycles. The second-order valence-corrected chi connectivity index (χ2v) is 10.1. The summed E-state index contributed by atoms with van der Waals surface area (Å²) >= 11 is 0. The van der Waals surface area contributed by atoms with Crippen LogP contribution in [0.25, 0.3) is 0 Å². The van der Waals surface area contributed by atoms with Crippen LogP contribution in [0.5, 0.6) is 11.5 Å². The van der Waals surface area contributed by atoms with Crippen molar-refractivity contribution in [1.82, 2.24) is 4.90 Å². The summed E-state index contributed by atoms with van der Waals surface area (Å²) in [5.74, 6) is 1.30. The van der Waals surface area contributed by atoms with Crippen molar-refractivity contribution in [3.8, 4) is 11.5 Å². The molecule has 188 valence electrons. The van der Waals surface area contributed by atoms with Gasteiger partial charge in [0.2, 0.25) is 0 Å². The Hall–Kier alpha value is -3.34. The van der Waals surface area contributed by atoms with Crippen LogP contribution in [-0.4, -0.2) is 30.1 Å². The maximum Gasteiger partial charge on any atom is 0.161 e. The highest BCUT2D eigenvalue weighted by Gasteiger charge is 2.42. The maximum atomic E-state index is 13.3. The molecule has 0 radical (unpaired) electrons. The Morgan fingerprint density at radius 3 is 2.08 bits per heavy atom. The van der Waals surface area contributed by atoms with Crippen molar-refractivity contribution in [3.05, 3.63) is 81.2 Å². The standard InChI is InChI=1S/C31H35NO4/c1-5-35-28-17-22(14-15-27(28)36-18-21-13-12-19(2)20(3)16-21)29-30-23(8-6-10-25(30)33)32(4)24-9-7-11-26(34)31(24)29/h12-17,29H,5-11,18H2,1-4H3. The molecular formula is C31H35NO4. The van der Waals surface area contributed by atoms with Crippen LogP contribution >= 0.6 is 0 Å². The number of ketones is 2. The Labute approximate surface area is 213 Å². The number of nitrogens with zero attached hydrogens (tertiary/aromatic N) is 1. The fraction of sp³-hybridized carbons (Fsp3) is 0.419. The van der Waals surface area contributed by atoms with E-state index in [0.29, 0.717) is 37.6 Å². The van der Waals surface area contributed by atoms with Crippen LogP contribution in [0.3, 0.4) is 0 Å². The minimum atomic E-state index is -0.334. The quantitative estimate of drug-likeness (QED) is 0.479. The first-order valence-electron chi connectivity index (χ1n) is 13.1. The van der Waals surface area contributed by atoms with E-state index in [1.54, 1.807) is 0 Å². The summed E-state index contributed by atoms with van der Waals surface area (Å²) in [6, 6.07) is 12.3. The van der Waals surface area contributed by atoms with E-state index in [4.69, 9.17) is 9.47 Å². The summed E-state index contributed by atoms with van der Waals surface area (Å²) in [7, 11) is 2.02. The number of hydrogen-bond acceptors (Lipinski definition) is 5. The Balaban J connectivity index is 1.54. The van der Waals surface area contributed by atoms with Gasteiger partial charge < -0.3 is 14.4 Å². The molecule has 0 saturated carbocycles. The highest BCUT2D eigenvalue weighted by Crippen LogP contribution is 2.49. The van der Waals surface area contributed by atoms with E-state index in [0.717, 1.165) is 59.4 Å². The van der Waals surface area contributed by atoms with Crippen LogP contribution in [0.1, 0.15) is 73.6 Å². The van der Waals surface area contributed by atoms with Gasteiger partial charge in [0, 0.05) is 48.3 Å². The topological polar surface area (TPSA) is 55.8 Å². The van der Waals surface area contributed by atoms with Crippen LogP contribution in [0.2, 0.25) is 0 Å². The predicted molar refractivity (Wildman–Crippen MR) is 140 cm³/mol. The van der Waals surface area contributed by atoms with Crippen molar-refractivity contribution in [2.45, 2.75) is 71.8 Å². The molecule has 2 aromatic rings. The first kappa shape index (κ1) is 24.4. The first-order valence-corrected chi connectivity index (χ1v) is 13.1. The van der Waals surface area contributed by atoms with Gasteiger partial charge in [0.15, 0.2) is 23.1 Å². The summed E-state index contributed by atoms with van der Waals surface area (Å²) in [5, 5.41) is 0. The van der Waals surface area contributed by atoms with Gasteiger partial charge in [0.25, 0.3) is 0 Å². The lowest BCUT2D eigenvalue weighted by atomic mass is 9.71. The summed E-state index contributed by atoms with van der Waals surface area (Å²) in [4.78, 5) is 28.6. The second kappa shape index (κ2) is 9.96. The second-order valence-electron chi connectivity index (χ2n) is 10.1. The number of rotatable bonds is 6. The number of hydrogen-bond donors (Lipinski definition) is 0. The van der Waals surface area contributed by atoms with E-state index in [9.17, 15) is 9.59 Å². The van der Waals surface area contributed by atoms with Crippen LogP contribution < -0.4 is 9.47 Å². The summed E-state index contributed by atoms with van der Waals surface area (Å²) in [6.07, 6.45) is 4.54. The summed E-state index contributed by atoms with van der Waals surface area (Å²) < 4.78 is 12.2. The van der Waals surface area contributed by atoms with Crippen LogP contribution in [0.4, 0.5) is 0 Å². The number of carbonyl (C=O) groups is 2. The van der Waals surface area contributed by atoms with Crippen molar-refractivity contribution in [3.63, 3.8) is 0 Å². The van der Waals surface area contributed by atoms with Crippen LogP contribution in [0.15, 0.2) is 58.9 Å². The molecule has 36 heavy (non-hydrogen) atoms. The van der Waals surface area contributed by atoms with E-state index in [2.05, 4.69) is 36.9 Å². The third kappa shape index (κ3) is 4.36. The number of aryl methyl sites for hydroxylation is 2. The molecule has 3 aliphatic rings. The zero-order valence-electron chi connectivity index (χ0n) is 21.8. The number of benzene rings is 2. The number of ether oxygens (including phenoxy) is 2. The van der Waals surface area contributed by atoms with Crippen LogP contribution in [0, 0.1) is 13.8 Å². The largest absolute Gasteiger partial charge is 0.490 e. The first-order chi connectivity index (χ1) is 17.4. The van der Waals surface area contributed by atoms with Gasteiger partial charge in [0.1, 0.15) is 6.61 Å². The van der Waals surface area contributed by atoms with Gasteiger partial charge in [-0.25, -0.2) is 0 Å². The molecule has 2 aromatic carbocycles. The molecule has 0 fully saturated rings. The molecule has 0 spiro atoms. The van der Waals surface area contributed by atoms with E-state index in [1.165, 1.54) is 11.1 Å². The molecular weight excluding hydrogens is 450 g/mol. The highest BCUT2D eigenvalue weighted by molar-refractivity contribution is 6.06. The summed E-state index contributed by atoms with van der Waals surface area (Å²) in [5.41, 5.74) is 8.28. The lowest BCUT2D eigenvalue weighted by Crippen LogP contribution is -2.37. The monoisotopic (exact) mass is 485 g/mol. The van der Waals surface area contributed by atoms with Gasteiger partial charge in [0.05, 0.1) is 6.61 Å². The zero-order valence-corrected chi connectivity index (χ0v) is 21.8. The molecule has 2 aliphatic carbocycles. The molecule has 5 nitrogen and oxygen atoms in total. The molecule has 5 rings (SSSR count). The smallest absolute Gasteiger partial charge is 0.161 e. The normalized spacial score (nSPS) is 18.4. The fourth-order valence-electron chi connectivity index (χ4n) is 5.83. The predicted octanol–water partition coefficient (Wildman–Crippen LogP) is 6.32. The molecule has 1 heterocycles. The third-order valence-electron chi connectivity index (χ3n) is 7.81. The fourth-order valence-corrected chi connectivity index (χ4v) is 5.83. The van der Waals surface area contributed by atoms with Gasteiger partial charge in [-0.2, -0.15) is 0 Å². The molecule has 0 amide bonds. The molecule has 0 N–H and O–H groups in total. The van der Waals surface area contributed by atoms with Gasteiger partial charge in [-0.1, -0.05) is 24.3 Å². The van der Waals surface area contributed by atoms with Crippen molar-refractivity contribution in [2.75, 3.05) is 13.7 Å². The Kier molecular flexibility index (Phi) is 6.74. The van der Waals surface area contributed by atoms with Gasteiger partial charge in [-0.15, -0.1) is 0 Å². The van der Waals surface area contributed by atoms with E-state index < -0.39 is 0 Å². The SMILES string of the molecule is CCOc1cc(C2C3=C(CCCC3=O)N(C)C3=C2C(=O)CCC3)ccc1OCc1ccc(C)c(C)c1. The molecule has 1 aliphatic heterocycles.